The molecular weight excluding hydrogens is 230 g/mol. The molecule has 0 bridgehead atoms. The van der Waals surface area contributed by atoms with Crippen molar-refractivity contribution >= 4 is 11.9 Å². The molecule has 0 radical (unpaired) electrons. The van der Waals surface area contributed by atoms with Crippen LogP contribution < -0.4 is 0 Å². The van der Waals surface area contributed by atoms with Crippen molar-refractivity contribution in [3.8, 4) is 0 Å². The molecule has 0 N–H and O–H groups in total. The molecule has 2 rings (SSSR count). The van der Waals surface area contributed by atoms with Crippen LogP contribution in [0.3, 0.4) is 0 Å². The number of piperidine rings is 1. The van der Waals surface area contributed by atoms with E-state index in [4.69, 9.17) is 4.74 Å². The minimum Gasteiger partial charge on any atom is -0.466 e. The molecule has 2 unspecified atom stereocenters. The summed E-state index contributed by atoms with van der Waals surface area (Å²) in [5, 5.41) is 0. The highest BCUT2D eigenvalue weighted by Crippen LogP contribution is 2.36. The van der Waals surface area contributed by atoms with E-state index in [9.17, 15) is 9.59 Å². The van der Waals surface area contributed by atoms with Crippen LogP contribution in [0.25, 0.3) is 0 Å². The Kier molecular flexibility index (Phi) is 4.61. The van der Waals surface area contributed by atoms with Crippen molar-refractivity contribution in [3.63, 3.8) is 0 Å². The maximum absolute atomic E-state index is 12.2. The molecule has 0 aromatic rings. The number of esters is 1. The quantitative estimate of drug-likeness (QED) is 0.721. The normalized spacial score (nSPS) is 26.8. The van der Waals surface area contributed by atoms with Crippen molar-refractivity contribution < 1.29 is 14.3 Å². The predicted octanol–water partition coefficient (Wildman–Crippen LogP) is 2.12. The number of likely N-dealkylation sites (tertiary alicyclic amines) is 1. The van der Waals surface area contributed by atoms with Gasteiger partial charge in [0.1, 0.15) is 0 Å². The Bertz CT molecular complexity index is 316. The summed E-state index contributed by atoms with van der Waals surface area (Å²) in [5.74, 6) is 0.593. The van der Waals surface area contributed by atoms with Crippen molar-refractivity contribution in [2.45, 2.75) is 57.9 Å². The maximum Gasteiger partial charge on any atom is 0.306 e. The predicted molar refractivity (Wildman–Crippen MR) is 67.9 cm³/mol. The molecule has 2 aliphatic rings. The summed E-state index contributed by atoms with van der Waals surface area (Å²) in [6.07, 6.45) is 6.58. The van der Waals surface area contributed by atoms with Crippen LogP contribution in [0.4, 0.5) is 0 Å². The van der Waals surface area contributed by atoms with E-state index in [2.05, 4.69) is 0 Å². The van der Waals surface area contributed by atoms with E-state index in [0.717, 1.165) is 19.4 Å². The molecule has 1 saturated heterocycles. The summed E-state index contributed by atoms with van der Waals surface area (Å²) >= 11 is 0. The van der Waals surface area contributed by atoms with Crippen LogP contribution in [0.1, 0.15) is 51.9 Å². The fraction of sp³-hybridized carbons (Fsp3) is 0.857. The van der Waals surface area contributed by atoms with Crippen molar-refractivity contribution in [1.29, 1.82) is 0 Å². The van der Waals surface area contributed by atoms with Gasteiger partial charge in [-0.3, -0.25) is 9.59 Å². The van der Waals surface area contributed by atoms with Crippen molar-refractivity contribution in [1.82, 2.24) is 4.90 Å². The van der Waals surface area contributed by atoms with Gasteiger partial charge in [0.15, 0.2) is 0 Å². The molecule has 2 atom stereocenters. The molecule has 1 heterocycles. The monoisotopic (exact) mass is 253 g/mol. The zero-order valence-corrected chi connectivity index (χ0v) is 11.2. The highest BCUT2D eigenvalue weighted by molar-refractivity contribution is 5.81. The molecule has 0 spiro atoms. The van der Waals surface area contributed by atoms with Crippen LogP contribution in [0.2, 0.25) is 0 Å². The molecule has 1 aliphatic heterocycles. The van der Waals surface area contributed by atoms with Gasteiger partial charge >= 0.3 is 5.97 Å². The Labute approximate surface area is 109 Å². The number of ether oxygens (including phenoxy) is 1. The molecule has 2 fully saturated rings. The highest BCUT2D eigenvalue weighted by Gasteiger charge is 2.36. The van der Waals surface area contributed by atoms with Gasteiger partial charge in [0.05, 0.1) is 13.0 Å². The van der Waals surface area contributed by atoms with E-state index < -0.39 is 0 Å². The number of carbonyl (C=O) groups excluding carboxylic acids is 2. The second-order valence-electron chi connectivity index (χ2n) is 5.29. The second-order valence-corrected chi connectivity index (χ2v) is 5.29. The number of amides is 1. The first-order chi connectivity index (χ1) is 8.72. The highest BCUT2D eigenvalue weighted by atomic mass is 16.5. The minimum absolute atomic E-state index is 0.139. The van der Waals surface area contributed by atoms with E-state index in [-0.39, 0.29) is 18.3 Å². The van der Waals surface area contributed by atoms with Crippen molar-refractivity contribution in [3.05, 3.63) is 0 Å². The van der Waals surface area contributed by atoms with Crippen LogP contribution in [-0.2, 0) is 14.3 Å². The fourth-order valence-corrected chi connectivity index (χ4v) is 3.35. The first-order valence-electron chi connectivity index (χ1n) is 7.17. The van der Waals surface area contributed by atoms with Crippen molar-refractivity contribution in [2.24, 2.45) is 5.92 Å². The van der Waals surface area contributed by atoms with Gasteiger partial charge in [0, 0.05) is 19.0 Å². The van der Waals surface area contributed by atoms with E-state index >= 15 is 0 Å². The Morgan fingerprint density at radius 1 is 1.17 bits per heavy atom. The minimum atomic E-state index is -0.258. The zero-order valence-electron chi connectivity index (χ0n) is 11.2. The van der Waals surface area contributed by atoms with Gasteiger partial charge in [-0.25, -0.2) is 0 Å². The van der Waals surface area contributed by atoms with Gasteiger partial charge in [-0.1, -0.05) is 6.42 Å². The SMILES string of the molecule is CCOC(=O)CCC(=O)N1CCCC2CCCC21. The molecule has 1 saturated carbocycles. The van der Waals surface area contributed by atoms with Gasteiger partial charge in [0.2, 0.25) is 5.91 Å². The number of carbonyl (C=O) groups is 2. The summed E-state index contributed by atoms with van der Waals surface area (Å²) in [7, 11) is 0. The number of hydrogen-bond acceptors (Lipinski definition) is 3. The van der Waals surface area contributed by atoms with Crippen LogP contribution in [-0.4, -0.2) is 36.0 Å². The molecule has 0 aromatic heterocycles. The molecule has 1 amide bonds. The number of rotatable bonds is 4. The first kappa shape index (κ1) is 13.4. The number of nitrogens with zero attached hydrogens (tertiary/aromatic N) is 1. The third kappa shape index (κ3) is 3.03. The van der Waals surface area contributed by atoms with Gasteiger partial charge < -0.3 is 9.64 Å². The van der Waals surface area contributed by atoms with Gasteiger partial charge in [-0.15, -0.1) is 0 Å². The molecular formula is C14H23NO3. The van der Waals surface area contributed by atoms with E-state index in [1.54, 1.807) is 6.92 Å². The average Bonchev–Trinajstić information content (AvgIpc) is 2.84. The first-order valence-corrected chi connectivity index (χ1v) is 7.17. The number of hydrogen-bond donors (Lipinski definition) is 0. The molecule has 4 heteroatoms. The van der Waals surface area contributed by atoms with E-state index in [1.807, 2.05) is 4.90 Å². The van der Waals surface area contributed by atoms with E-state index in [0.29, 0.717) is 25.0 Å². The molecule has 18 heavy (non-hydrogen) atoms. The standard InChI is InChI=1S/C14H23NO3/c1-2-18-14(17)9-8-13(16)15-10-4-6-11-5-3-7-12(11)15/h11-12H,2-10H2,1H3. The maximum atomic E-state index is 12.2. The van der Waals surface area contributed by atoms with Crippen molar-refractivity contribution in [2.75, 3.05) is 13.2 Å². The smallest absolute Gasteiger partial charge is 0.306 e. The van der Waals surface area contributed by atoms with E-state index in [1.165, 1.54) is 19.3 Å². The lowest BCUT2D eigenvalue weighted by molar-refractivity contribution is -0.146. The molecule has 1 aliphatic carbocycles. The molecule has 0 aromatic carbocycles. The summed E-state index contributed by atoms with van der Waals surface area (Å²) in [5.41, 5.74) is 0. The van der Waals surface area contributed by atoms with Gasteiger partial charge in [-0.05, 0) is 38.5 Å². The summed E-state index contributed by atoms with van der Waals surface area (Å²) in [6, 6.07) is 0.452. The third-order valence-corrected chi connectivity index (χ3v) is 4.16. The Morgan fingerprint density at radius 2 is 1.94 bits per heavy atom. The topological polar surface area (TPSA) is 46.6 Å². The van der Waals surface area contributed by atoms with Crippen LogP contribution in [0.5, 0.6) is 0 Å². The lowest BCUT2D eigenvalue weighted by Gasteiger charge is -2.37. The molecule has 102 valence electrons. The van der Waals surface area contributed by atoms with Gasteiger partial charge in [0.25, 0.3) is 0 Å². The lowest BCUT2D eigenvalue weighted by atomic mass is 9.91. The average molecular weight is 253 g/mol. The van der Waals surface area contributed by atoms with Gasteiger partial charge in [-0.2, -0.15) is 0 Å². The summed E-state index contributed by atoms with van der Waals surface area (Å²) in [4.78, 5) is 25.5. The van der Waals surface area contributed by atoms with Crippen LogP contribution in [0, 0.1) is 5.92 Å². The number of fused-ring (bicyclic) bond motifs is 1. The third-order valence-electron chi connectivity index (χ3n) is 4.16. The lowest BCUT2D eigenvalue weighted by Crippen LogP contribution is -2.46. The molecule has 4 nitrogen and oxygen atoms in total. The van der Waals surface area contributed by atoms with Crippen LogP contribution in [0.15, 0.2) is 0 Å². The Balaban J connectivity index is 1.82. The Hall–Kier alpha value is -1.06. The Morgan fingerprint density at radius 3 is 2.72 bits per heavy atom. The largest absolute Gasteiger partial charge is 0.466 e. The second kappa shape index (κ2) is 6.21. The van der Waals surface area contributed by atoms with Crippen LogP contribution >= 0.6 is 0 Å². The summed E-state index contributed by atoms with van der Waals surface area (Å²) < 4.78 is 4.86. The fourth-order valence-electron chi connectivity index (χ4n) is 3.35. The zero-order chi connectivity index (χ0) is 13.0. The summed E-state index contributed by atoms with van der Waals surface area (Å²) in [6.45, 7) is 3.05.